The molecule has 2 aromatic carbocycles. The number of nitrogens with two attached hydrogens (primary N) is 1. The van der Waals surface area contributed by atoms with Gasteiger partial charge in [0.15, 0.2) is 0 Å². The Hall–Kier alpha value is -3.22. The highest BCUT2D eigenvalue weighted by Gasteiger charge is 2.20. The topological polar surface area (TPSA) is 90.7 Å². The zero-order valence-electron chi connectivity index (χ0n) is 18.5. The number of benzene rings is 2. The number of nitrogens with one attached hydrogen (secondary N) is 2. The van der Waals surface area contributed by atoms with Crippen molar-refractivity contribution in [1.29, 1.82) is 0 Å². The zero-order valence-corrected chi connectivity index (χ0v) is 18.5. The van der Waals surface area contributed by atoms with Gasteiger partial charge in [-0.15, -0.1) is 0 Å². The molecule has 7 nitrogen and oxygen atoms in total. The molecule has 0 atom stereocenters. The van der Waals surface area contributed by atoms with Crippen LogP contribution in [0.15, 0.2) is 42.5 Å². The Kier molecular flexibility index (Phi) is 7.76. The number of anilines is 3. The summed E-state index contributed by atoms with van der Waals surface area (Å²) in [7, 11) is 0. The molecule has 0 radical (unpaired) electrons. The van der Waals surface area contributed by atoms with Crippen molar-refractivity contribution in [1.82, 2.24) is 10.6 Å². The molecule has 3 rings (SSSR count). The fraction of sp³-hybridized carbons (Fsp3) is 0.417. The largest absolute Gasteiger partial charge is 0.397 e. The van der Waals surface area contributed by atoms with Gasteiger partial charge in [0.05, 0.1) is 11.4 Å². The van der Waals surface area contributed by atoms with Gasteiger partial charge in [0.1, 0.15) is 0 Å². The van der Waals surface area contributed by atoms with Crippen molar-refractivity contribution < 1.29 is 9.59 Å². The Labute approximate surface area is 184 Å². The molecular weight excluding hydrogens is 390 g/mol. The maximum absolute atomic E-state index is 12.4. The molecule has 1 aliphatic heterocycles. The van der Waals surface area contributed by atoms with Gasteiger partial charge in [0.2, 0.25) is 5.91 Å². The summed E-state index contributed by atoms with van der Waals surface area (Å²) < 4.78 is 0. The maximum atomic E-state index is 12.4. The van der Waals surface area contributed by atoms with E-state index in [2.05, 4.69) is 51.6 Å². The summed E-state index contributed by atoms with van der Waals surface area (Å²) in [5.74, 6) is -0.154. The van der Waals surface area contributed by atoms with Crippen LogP contribution in [0.2, 0.25) is 0 Å². The summed E-state index contributed by atoms with van der Waals surface area (Å²) in [5, 5.41) is 5.66. The predicted molar refractivity (Wildman–Crippen MR) is 127 cm³/mol. The summed E-state index contributed by atoms with van der Waals surface area (Å²) in [6, 6.07) is 14.0. The second-order valence-electron chi connectivity index (χ2n) is 7.98. The van der Waals surface area contributed by atoms with E-state index in [0.29, 0.717) is 24.3 Å². The minimum atomic E-state index is -0.123. The van der Waals surface area contributed by atoms with Gasteiger partial charge in [-0.05, 0) is 49.6 Å². The van der Waals surface area contributed by atoms with Crippen LogP contribution >= 0.6 is 0 Å². The molecular formula is C24H33N5O2. The van der Waals surface area contributed by atoms with Gasteiger partial charge in [0.25, 0.3) is 5.91 Å². The summed E-state index contributed by atoms with van der Waals surface area (Å²) >= 11 is 0. The molecule has 7 heteroatoms. The first-order valence-corrected chi connectivity index (χ1v) is 10.9. The molecule has 1 fully saturated rings. The van der Waals surface area contributed by atoms with Gasteiger partial charge < -0.3 is 26.2 Å². The number of aryl methyl sites for hydroxylation is 1. The molecule has 1 heterocycles. The number of nitrogen functional groups attached to an aromatic ring is 1. The molecule has 166 valence electrons. The number of piperazine rings is 1. The lowest BCUT2D eigenvalue weighted by molar-refractivity contribution is -0.118. The molecule has 0 bridgehead atoms. The van der Waals surface area contributed by atoms with Crippen molar-refractivity contribution in [3.8, 4) is 0 Å². The normalized spacial score (nSPS) is 13.7. The van der Waals surface area contributed by atoms with Crippen molar-refractivity contribution in [2.24, 2.45) is 0 Å². The number of amides is 2. The molecule has 1 aliphatic rings. The number of para-hydroxylation sites is 1. The molecule has 0 spiro atoms. The quantitative estimate of drug-likeness (QED) is 0.448. The first kappa shape index (κ1) is 22.5. The smallest absolute Gasteiger partial charge is 0.251 e. The Morgan fingerprint density at radius 3 is 2.13 bits per heavy atom. The van der Waals surface area contributed by atoms with Crippen LogP contribution in [-0.4, -0.2) is 51.1 Å². The van der Waals surface area contributed by atoms with Crippen LogP contribution < -0.4 is 26.2 Å². The second kappa shape index (κ2) is 10.7. The van der Waals surface area contributed by atoms with E-state index in [4.69, 9.17) is 5.73 Å². The van der Waals surface area contributed by atoms with E-state index < -0.39 is 0 Å². The van der Waals surface area contributed by atoms with E-state index in [9.17, 15) is 9.59 Å². The van der Waals surface area contributed by atoms with Crippen LogP contribution in [0.25, 0.3) is 0 Å². The van der Waals surface area contributed by atoms with Crippen molar-refractivity contribution in [2.75, 3.05) is 54.8 Å². The highest BCUT2D eigenvalue weighted by atomic mass is 16.2. The lowest BCUT2D eigenvalue weighted by Crippen LogP contribution is -2.47. The van der Waals surface area contributed by atoms with Crippen LogP contribution in [0, 0.1) is 6.92 Å². The first-order chi connectivity index (χ1) is 15.0. The second-order valence-corrected chi connectivity index (χ2v) is 7.98. The number of unbranched alkanes of at least 4 members (excludes halogenated alkanes) is 1. The number of hydrogen-bond donors (Lipinski definition) is 3. The highest BCUT2D eigenvalue weighted by molar-refractivity contribution is 5.96. The molecule has 0 unspecified atom stereocenters. The van der Waals surface area contributed by atoms with Crippen LogP contribution in [0.5, 0.6) is 0 Å². The number of rotatable bonds is 8. The van der Waals surface area contributed by atoms with Gasteiger partial charge >= 0.3 is 0 Å². The van der Waals surface area contributed by atoms with Crippen LogP contribution in [0.4, 0.5) is 17.1 Å². The SMILES string of the molecule is CC(=O)NCCCCNC(=O)c1ccc(N2CCN(c3ccccc3C)CC2)c(N)c1. The monoisotopic (exact) mass is 423 g/mol. The first-order valence-electron chi connectivity index (χ1n) is 10.9. The standard InChI is InChI=1S/C24H33N5O2/c1-18-7-3-4-8-22(18)28-13-15-29(16-14-28)23-10-9-20(17-21(23)25)24(31)27-12-6-5-11-26-19(2)30/h3-4,7-10,17H,5-6,11-16,25H2,1-2H3,(H,26,30)(H,27,31). The molecule has 4 N–H and O–H groups in total. The van der Waals surface area contributed by atoms with E-state index in [0.717, 1.165) is 44.7 Å². The summed E-state index contributed by atoms with van der Waals surface area (Å²) in [6.45, 7) is 8.49. The fourth-order valence-corrected chi connectivity index (χ4v) is 3.91. The molecule has 0 aliphatic carbocycles. The third-order valence-electron chi connectivity index (χ3n) is 5.63. The third kappa shape index (κ3) is 6.13. The Balaban J connectivity index is 1.50. The fourth-order valence-electron chi connectivity index (χ4n) is 3.91. The number of carbonyl (C=O) groups is 2. The van der Waals surface area contributed by atoms with Crippen LogP contribution in [0.1, 0.15) is 35.7 Å². The van der Waals surface area contributed by atoms with Gasteiger partial charge in [-0.2, -0.15) is 0 Å². The van der Waals surface area contributed by atoms with E-state index in [-0.39, 0.29) is 11.8 Å². The lowest BCUT2D eigenvalue weighted by atomic mass is 10.1. The van der Waals surface area contributed by atoms with Gasteiger partial charge in [0, 0.05) is 57.4 Å². The van der Waals surface area contributed by atoms with Crippen LogP contribution in [0.3, 0.4) is 0 Å². The number of hydrogen-bond acceptors (Lipinski definition) is 5. The van der Waals surface area contributed by atoms with Crippen molar-refractivity contribution in [2.45, 2.75) is 26.7 Å². The predicted octanol–water partition coefficient (Wildman–Crippen LogP) is 2.55. The molecule has 2 aromatic rings. The van der Waals surface area contributed by atoms with Gasteiger partial charge in [-0.3, -0.25) is 9.59 Å². The van der Waals surface area contributed by atoms with Gasteiger partial charge in [-0.1, -0.05) is 18.2 Å². The van der Waals surface area contributed by atoms with Crippen molar-refractivity contribution in [3.63, 3.8) is 0 Å². The lowest BCUT2D eigenvalue weighted by Gasteiger charge is -2.38. The Morgan fingerprint density at radius 2 is 1.52 bits per heavy atom. The molecule has 0 aromatic heterocycles. The van der Waals surface area contributed by atoms with E-state index in [1.807, 2.05) is 12.1 Å². The minimum absolute atomic E-state index is 0.0313. The molecule has 1 saturated heterocycles. The van der Waals surface area contributed by atoms with E-state index >= 15 is 0 Å². The third-order valence-corrected chi connectivity index (χ3v) is 5.63. The summed E-state index contributed by atoms with van der Waals surface area (Å²) in [4.78, 5) is 27.9. The Morgan fingerprint density at radius 1 is 0.903 bits per heavy atom. The average molecular weight is 424 g/mol. The van der Waals surface area contributed by atoms with Crippen LogP contribution in [-0.2, 0) is 4.79 Å². The number of carbonyl (C=O) groups excluding carboxylic acids is 2. The summed E-state index contributed by atoms with van der Waals surface area (Å²) in [5.41, 5.74) is 11.1. The van der Waals surface area contributed by atoms with E-state index in [1.165, 1.54) is 18.2 Å². The zero-order chi connectivity index (χ0) is 22.2. The molecule has 2 amide bonds. The average Bonchev–Trinajstić information content (AvgIpc) is 2.76. The van der Waals surface area contributed by atoms with Gasteiger partial charge in [-0.25, -0.2) is 0 Å². The highest BCUT2D eigenvalue weighted by Crippen LogP contribution is 2.27. The molecule has 31 heavy (non-hydrogen) atoms. The van der Waals surface area contributed by atoms with E-state index in [1.54, 1.807) is 6.07 Å². The van der Waals surface area contributed by atoms with Crippen molar-refractivity contribution in [3.05, 3.63) is 53.6 Å². The Bertz CT molecular complexity index is 907. The molecule has 0 saturated carbocycles. The number of nitrogens with zero attached hydrogens (tertiary/aromatic N) is 2. The maximum Gasteiger partial charge on any atom is 0.251 e. The van der Waals surface area contributed by atoms with Crippen molar-refractivity contribution >= 4 is 28.9 Å². The minimum Gasteiger partial charge on any atom is -0.397 e. The summed E-state index contributed by atoms with van der Waals surface area (Å²) in [6.07, 6.45) is 1.64.